The Labute approximate surface area is 190 Å². The molecule has 2 bridgehead atoms. The third kappa shape index (κ3) is 3.06. The van der Waals surface area contributed by atoms with Crippen LogP contribution in [-0.4, -0.2) is 5.91 Å². The molecule has 0 spiro atoms. The first-order valence-corrected chi connectivity index (χ1v) is 11.9. The van der Waals surface area contributed by atoms with E-state index in [0.29, 0.717) is 17.9 Å². The summed E-state index contributed by atoms with van der Waals surface area (Å²) in [5, 5.41) is 7.04. The first-order chi connectivity index (χ1) is 15.6. The van der Waals surface area contributed by atoms with E-state index in [4.69, 9.17) is 0 Å². The van der Waals surface area contributed by atoms with E-state index in [9.17, 15) is 4.79 Å². The molecule has 3 aromatic rings. The topological polar surface area (TPSA) is 41.1 Å². The molecule has 162 valence electrons. The molecule has 5 atom stereocenters. The Hall–Kier alpha value is -3.07. The average molecular weight is 423 g/mol. The van der Waals surface area contributed by atoms with E-state index in [2.05, 4.69) is 53.1 Å². The van der Waals surface area contributed by atoms with E-state index in [1.807, 2.05) is 38.1 Å². The first kappa shape index (κ1) is 19.6. The van der Waals surface area contributed by atoms with Crippen LogP contribution in [0.1, 0.15) is 63.8 Å². The van der Waals surface area contributed by atoms with Gasteiger partial charge in [-0.1, -0.05) is 48.5 Å². The minimum atomic E-state index is -0.0184. The smallest absolute Gasteiger partial charge is 0.255 e. The van der Waals surface area contributed by atoms with Gasteiger partial charge in [0, 0.05) is 16.9 Å². The highest BCUT2D eigenvalue weighted by molar-refractivity contribution is 6.05. The van der Waals surface area contributed by atoms with Crippen molar-refractivity contribution in [3.63, 3.8) is 0 Å². The van der Waals surface area contributed by atoms with Crippen molar-refractivity contribution in [1.82, 2.24) is 0 Å². The first-order valence-electron chi connectivity index (χ1n) is 11.9. The number of para-hydroxylation sites is 1. The monoisotopic (exact) mass is 422 g/mol. The van der Waals surface area contributed by atoms with E-state index >= 15 is 0 Å². The van der Waals surface area contributed by atoms with Gasteiger partial charge >= 0.3 is 0 Å². The van der Waals surface area contributed by atoms with Crippen molar-refractivity contribution in [3.05, 3.63) is 94.5 Å². The Morgan fingerprint density at radius 2 is 1.66 bits per heavy atom. The lowest BCUT2D eigenvalue weighted by Gasteiger charge is -2.43. The second-order valence-electron chi connectivity index (χ2n) is 9.99. The Morgan fingerprint density at radius 3 is 2.44 bits per heavy atom. The lowest BCUT2D eigenvalue weighted by Crippen LogP contribution is -2.35. The number of amides is 1. The minimum Gasteiger partial charge on any atom is -0.378 e. The van der Waals surface area contributed by atoms with E-state index in [-0.39, 0.29) is 5.91 Å². The van der Waals surface area contributed by atoms with Crippen LogP contribution in [0, 0.1) is 31.6 Å². The maximum Gasteiger partial charge on any atom is 0.255 e. The summed E-state index contributed by atoms with van der Waals surface area (Å²) in [6.45, 7) is 4.09. The fourth-order valence-corrected chi connectivity index (χ4v) is 6.81. The van der Waals surface area contributed by atoms with Gasteiger partial charge in [-0.25, -0.2) is 0 Å². The normalized spacial score (nSPS) is 27.4. The Kier molecular flexibility index (Phi) is 4.60. The number of aryl methyl sites for hydroxylation is 2. The van der Waals surface area contributed by atoms with Crippen LogP contribution >= 0.6 is 0 Å². The van der Waals surface area contributed by atoms with Crippen LogP contribution in [0.5, 0.6) is 0 Å². The molecule has 2 saturated carbocycles. The SMILES string of the molecule is Cc1cccc(C)c1NC(=O)c1ccc2c(c1)[C@@H]1[C@H]3CC[C@@H](C3)[C@H]1[C@H](c1ccccc1)N2. The number of hydrogen-bond acceptors (Lipinski definition) is 2. The fraction of sp³-hybridized carbons (Fsp3) is 0.345. The molecule has 1 aliphatic heterocycles. The van der Waals surface area contributed by atoms with Crippen LogP contribution < -0.4 is 10.6 Å². The highest BCUT2D eigenvalue weighted by Crippen LogP contribution is 2.63. The summed E-state index contributed by atoms with van der Waals surface area (Å²) in [6, 6.07) is 23.7. The molecule has 0 aromatic heterocycles. The Morgan fingerprint density at radius 1 is 0.906 bits per heavy atom. The van der Waals surface area contributed by atoms with Crippen molar-refractivity contribution in [2.45, 2.75) is 45.1 Å². The van der Waals surface area contributed by atoms with Gasteiger partial charge in [-0.3, -0.25) is 4.79 Å². The lowest BCUT2D eigenvalue weighted by atomic mass is 9.68. The molecule has 3 aromatic carbocycles. The lowest BCUT2D eigenvalue weighted by molar-refractivity contribution is 0.102. The summed E-state index contributed by atoms with van der Waals surface area (Å²) in [4.78, 5) is 13.2. The molecule has 2 N–H and O–H groups in total. The molecule has 0 radical (unpaired) electrons. The number of nitrogens with one attached hydrogen (secondary N) is 2. The molecule has 6 rings (SSSR count). The maximum absolute atomic E-state index is 13.2. The molecular formula is C29H30N2O. The highest BCUT2D eigenvalue weighted by Gasteiger charge is 2.53. The molecule has 2 aliphatic carbocycles. The largest absolute Gasteiger partial charge is 0.378 e. The molecular weight excluding hydrogens is 392 g/mol. The molecule has 0 saturated heterocycles. The van der Waals surface area contributed by atoms with Gasteiger partial charge in [0.1, 0.15) is 0 Å². The van der Waals surface area contributed by atoms with Crippen LogP contribution in [0.25, 0.3) is 0 Å². The molecule has 3 heteroatoms. The number of benzene rings is 3. The zero-order chi connectivity index (χ0) is 21.8. The molecule has 32 heavy (non-hydrogen) atoms. The molecule has 1 amide bonds. The summed E-state index contributed by atoms with van der Waals surface area (Å²) in [5.74, 6) is 2.66. The van der Waals surface area contributed by atoms with Crippen molar-refractivity contribution in [3.8, 4) is 0 Å². The molecule has 3 aliphatic rings. The number of fused-ring (bicyclic) bond motifs is 7. The number of carbonyl (C=O) groups excluding carboxylic acids is 1. The Bertz CT molecular complexity index is 1160. The summed E-state index contributed by atoms with van der Waals surface area (Å²) < 4.78 is 0. The maximum atomic E-state index is 13.2. The number of rotatable bonds is 3. The summed E-state index contributed by atoms with van der Waals surface area (Å²) >= 11 is 0. The summed E-state index contributed by atoms with van der Waals surface area (Å²) in [6.07, 6.45) is 4.00. The molecule has 2 fully saturated rings. The summed E-state index contributed by atoms with van der Waals surface area (Å²) in [5.41, 5.74) is 7.81. The van der Waals surface area contributed by atoms with Crippen LogP contribution in [-0.2, 0) is 0 Å². The zero-order valence-corrected chi connectivity index (χ0v) is 18.8. The number of anilines is 2. The third-order valence-corrected chi connectivity index (χ3v) is 8.23. The fourth-order valence-electron chi connectivity index (χ4n) is 6.81. The second-order valence-corrected chi connectivity index (χ2v) is 9.99. The van der Waals surface area contributed by atoms with Crippen molar-refractivity contribution in [2.75, 3.05) is 10.6 Å². The van der Waals surface area contributed by atoms with Gasteiger partial charge < -0.3 is 10.6 Å². The number of carbonyl (C=O) groups is 1. The van der Waals surface area contributed by atoms with Crippen molar-refractivity contribution in [2.24, 2.45) is 17.8 Å². The minimum absolute atomic E-state index is 0.0184. The van der Waals surface area contributed by atoms with Gasteiger partial charge in [-0.15, -0.1) is 0 Å². The standard InChI is InChI=1S/C29H30N2O/c1-17-7-6-8-18(2)27(17)31-29(32)22-13-14-24-23(16-22)25-20-11-12-21(15-20)26(25)28(30-24)19-9-4-3-5-10-19/h3-10,13-14,16,20-21,25-26,28,30H,11-12,15H2,1-2H3,(H,31,32)/t20-,21-,25-,26+,28-/m0/s1. The van der Waals surface area contributed by atoms with Gasteiger partial charge in [0.05, 0.1) is 6.04 Å². The Balaban J connectivity index is 1.36. The van der Waals surface area contributed by atoms with Gasteiger partial charge in [0.2, 0.25) is 0 Å². The van der Waals surface area contributed by atoms with Crippen LogP contribution in [0.3, 0.4) is 0 Å². The van der Waals surface area contributed by atoms with Crippen LogP contribution in [0.4, 0.5) is 11.4 Å². The van der Waals surface area contributed by atoms with Gasteiger partial charge in [0.25, 0.3) is 5.91 Å². The van der Waals surface area contributed by atoms with E-state index in [0.717, 1.165) is 34.2 Å². The number of hydrogen-bond donors (Lipinski definition) is 2. The van der Waals surface area contributed by atoms with Crippen LogP contribution in [0.15, 0.2) is 66.7 Å². The van der Waals surface area contributed by atoms with Gasteiger partial charge in [-0.2, -0.15) is 0 Å². The predicted molar refractivity (Wildman–Crippen MR) is 130 cm³/mol. The van der Waals surface area contributed by atoms with Crippen molar-refractivity contribution < 1.29 is 4.79 Å². The molecule has 1 heterocycles. The quantitative estimate of drug-likeness (QED) is 0.484. The summed E-state index contributed by atoms with van der Waals surface area (Å²) in [7, 11) is 0. The van der Waals surface area contributed by atoms with E-state index < -0.39 is 0 Å². The van der Waals surface area contributed by atoms with Gasteiger partial charge in [0.15, 0.2) is 0 Å². The average Bonchev–Trinajstić information content (AvgIpc) is 3.44. The van der Waals surface area contributed by atoms with Crippen molar-refractivity contribution >= 4 is 17.3 Å². The molecule has 0 unspecified atom stereocenters. The zero-order valence-electron chi connectivity index (χ0n) is 18.8. The van der Waals surface area contributed by atoms with Crippen LogP contribution in [0.2, 0.25) is 0 Å². The second kappa shape index (κ2) is 7.51. The van der Waals surface area contributed by atoms with Crippen molar-refractivity contribution in [1.29, 1.82) is 0 Å². The molecule has 3 nitrogen and oxygen atoms in total. The van der Waals surface area contributed by atoms with Gasteiger partial charge in [-0.05, 0) is 97.2 Å². The van der Waals surface area contributed by atoms with E-state index in [1.165, 1.54) is 36.1 Å². The third-order valence-electron chi connectivity index (χ3n) is 8.23. The van der Waals surface area contributed by atoms with E-state index in [1.54, 1.807) is 0 Å². The highest BCUT2D eigenvalue weighted by atomic mass is 16.1. The predicted octanol–water partition coefficient (Wildman–Crippen LogP) is 6.85.